The second-order valence-electron chi connectivity index (χ2n) is 6.60. The Labute approximate surface area is 160 Å². The fourth-order valence-electron chi connectivity index (χ4n) is 3.78. The minimum atomic E-state index is 0.0636. The fraction of sp³-hybridized carbons (Fsp3) is 0.360. The van der Waals surface area contributed by atoms with Crippen molar-refractivity contribution in [3.63, 3.8) is 0 Å². The molecular weight excluding hydrogens is 314 g/mol. The minimum absolute atomic E-state index is 0.0636. The van der Waals surface area contributed by atoms with E-state index in [0.29, 0.717) is 0 Å². The van der Waals surface area contributed by atoms with Crippen molar-refractivity contribution in [3.05, 3.63) is 83.6 Å². The van der Waals surface area contributed by atoms with E-state index in [2.05, 4.69) is 85.5 Å². The zero-order valence-corrected chi connectivity index (χ0v) is 17.2. The molecule has 1 nitrogen and oxygen atoms in total. The summed E-state index contributed by atoms with van der Waals surface area (Å²) in [5.41, 5.74) is 6.84. The third kappa shape index (κ3) is 3.49. The molecule has 26 heavy (non-hydrogen) atoms. The smallest absolute Gasteiger partial charge is 0.0502 e. The summed E-state index contributed by atoms with van der Waals surface area (Å²) >= 11 is 0. The molecule has 0 saturated carbocycles. The van der Waals surface area contributed by atoms with Gasteiger partial charge in [-0.15, -0.1) is 0 Å². The highest BCUT2D eigenvalue weighted by Gasteiger charge is 2.39. The maximum absolute atomic E-state index is 2.43. The largest absolute Gasteiger partial charge is 0.310 e. The van der Waals surface area contributed by atoms with Crippen molar-refractivity contribution in [2.75, 3.05) is 4.90 Å². The summed E-state index contributed by atoms with van der Waals surface area (Å²) < 4.78 is 0. The Hall–Kier alpha value is -2.28. The van der Waals surface area contributed by atoms with Gasteiger partial charge in [0.1, 0.15) is 0 Å². The number of rotatable bonds is 1. The molecular formula is C25H33N. The van der Waals surface area contributed by atoms with E-state index >= 15 is 0 Å². The third-order valence-electron chi connectivity index (χ3n) is 4.88. The Morgan fingerprint density at radius 3 is 2.00 bits per heavy atom. The van der Waals surface area contributed by atoms with Gasteiger partial charge in [-0.2, -0.15) is 0 Å². The second-order valence-corrected chi connectivity index (χ2v) is 6.60. The lowest BCUT2D eigenvalue weighted by Crippen LogP contribution is -2.36. The first-order chi connectivity index (χ1) is 12.7. The summed E-state index contributed by atoms with van der Waals surface area (Å²) in [5, 5.41) is 0. The average molecular weight is 348 g/mol. The van der Waals surface area contributed by atoms with E-state index in [1.54, 1.807) is 0 Å². The first kappa shape index (κ1) is 20.0. The van der Waals surface area contributed by atoms with Crippen LogP contribution in [-0.2, 0) is 5.41 Å². The van der Waals surface area contributed by atoms with Gasteiger partial charge in [0, 0.05) is 16.8 Å². The molecule has 0 spiro atoms. The number of nitrogens with zero attached hydrogens (tertiary/aromatic N) is 1. The second kappa shape index (κ2) is 8.89. The summed E-state index contributed by atoms with van der Waals surface area (Å²) in [6, 6.07) is 19.5. The van der Waals surface area contributed by atoms with Crippen molar-refractivity contribution in [1.29, 1.82) is 0 Å². The van der Waals surface area contributed by atoms with E-state index < -0.39 is 0 Å². The van der Waals surface area contributed by atoms with Gasteiger partial charge >= 0.3 is 0 Å². The molecule has 0 N–H and O–H groups in total. The Morgan fingerprint density at radius 2 is 1.31 bits per heavy atom. The third-order valence-corrected chi connectivity index (χ3v) is 4.88. The highest BCUT2D eigenvalue weighted by Crippen LogP contribution is 2.51. The van der Waals surface area contributed by atoms with E-state index in [9.17, 15) is 0 Å². The maximum atomic E-state index is 2.43. The van der Waals surface area contributed by atoms with Crippen LogP contribution in [-0.4, -0.2) is 0 Å². The number of benzene rings is 2. The lowest BCUT2D eigenvalue weighted by atomic mass is 9.70. The molecule has 0 radical (unpaired) electrons. The van der Waals surface area contributed by atoms with Crippen molar-refractivity contribution in [1.82, 2.24) is 0 Å². The topological polar surface area (TPSA) is 3.24 Å². The van der Waals surface area contributed by atoms with Gasteiger partial charge in [-0.3, -0.25) is 0 Å². The van der Waals surface area contributed by atoms with Crippen LogP contribution in [0.4, 0.5) is 11.4 Å². The summed E-state index contributed by atoms with van der Waals surface area (Å²) in [7, 11) is 0. The Kier molecular flexibility index (Phi) is 6.85. The monoisotopic (exact) mass is 347 g/mol. The summed E-state index contributed by atoms with van der Waals surface area (Å²) in [6.07, 6.45) is 7.11. The predicted molar refractivity (Wildman–Crippen MR) is 116 cm³/mol. The fourth-order valence-corrected chi connectivity index (χ4v) is 3.78. The summed E-state index contributed by atoms with van der Waals surface area (Å²) in [4.78, 5) is 2.42. The van der Waals surface area contributed by atoms with Crippen LogP contribution in [0, 0.1) is 0 Å². The van der Waals surface area contributed by atoms with E-state index in [1.807, 2.05) is 27.7 Å². The molecule has 2 aromatic carbocycles. The zero-order valence-electron chi connectivity index (χ0n) is 17.2. The van der Waals surface area contributed by atoms with Crippen LogP contribution < -0.4 is 4.90 Å². The number of para-hydroxylation sites is 2. The highest BCUT2D eigenvalue weighted by atomic mass is 15.2. The lowest BCUT2D eigenvalue weighted by molar-refractivity contribution is 0.603. The molecule has 0 aromatic heterocycles. The maximum Gasteiger partial charge on any atom is 0.0502 e. The van der Waals surface area contributed by atoms with Crippen LogP contribution >= 0.6 is 0 Å². The number of hydrogen-bond acceptors (Lipinski definition) is 1. The minimum Gasteiger partial charge on any atom is -0.310 e. The molecule has 1 aliphatic carbocycles. The van der Waals surface area contributed by atoms with Crippen LogP contribution in [0.25, 0.3) is 0 Å². The van der Waals surface area contributed by atoms with Gasteiger partial charge in [0.15, 0.2) is 0 Å². The zero-order chi connectivity index (χ0) is 19.2. The van der Waals surface area contributed by atoms with Crippen LogP contribution in [0.1, 0.15) is 59.9 Å². The van der Waals surface area contributed by atoms with Gasteiger partial charge in [0.05, 0.1) is 5.69 Å². The average Bonchev–Trinajstić information content (AvgIpc) is 2.72. The molecule has 0 bridgehead atoms. The number of allylic oxidation sites excluding steroid dienone is 3. The first-order valence-corrected chi connectivity index (χ1v) is 10.1. The molecule has 0 atom stereocenters. The molecule has 0 unspecified atom stereocenters. The SMILES string of the molecule is CC.CC.CC1(C)C2=CCCC=C2N(c2ccccc2)c2ccccc21. The van der Waals surface area contributed by atoms with Gasteiger partial charge in [0.2, 0.25) is 0 Å². The van der Waals surface area contributed by atoms with E-state index in [1.165, 1.54) is 28.2 Å². The molecule has 2 aromatic rings. The van der Waals surface area contributed by atoms with Gasteiger partial charge in [-0.25, -0.2) is 0 Å². The van der Waals surface area contributed by atoms with Crippen LogP contribution in [0.5, 0.6) is 0 Å². The Bertz CT molecular complexity index is 766. The molecule has 0 fully saturated rings. The Morgan fingerprint density at radius 1 is 0.731 bits per heavy atom. The Balaban J connectivity index is 0.000000570. The highest BCUT2D eigenvalue weighted by molar-refractivity contribution is 5.80. The van der Waals surface area contributed by atoms with Crippen molar-refractivity contribution >= 4 is 11.4 Å². The standard InChI is InChI=1S/C21H21N.2C2H6/c1-21(2)17-12-6-8-14-19(17)22(16-10-4-3-5-11-16)20-15-9-7-13-18(20)21;2*1-2/h3-6,8,10-15H,7,9H2,1-2H3;2*1-2H3. The first-order valence-electron chi connectivity index (χ1n) is 10.1. The molecule has 2 aliphatic rings. The van der Waals surface area contributed by atoms with Crippen LogP contribution in [0.3, 0.4) is 0 Å². The van der Waals surface area contributed by atoms with E-state index in [-0.39, 0.29) is 5.41 Å². The summed E-state index contributed by atoms with van der Waals surface area (Å²) in [6.45, 7) is 12.7. The normalized spacial score (nSPS) is 16.5. The van der Waals surface area contributed by atoms with Crippen LogP contribution in [0.15, 0.2) is 78.0 Å². The molecule has 0 saturated heterocycles. The van der Waals surface area contributed by atoms with Crippen LogP contribution in [0.2, 0.25) is 0 Å². The number of hydrogen-bond donors (Lipinski definition) is 0. The summed E-state index contributed by atoms with van der Waals surface area (Å²) in [5.74, 6) is 0. The molecule has 1 heterocycles. The van der Waals surface area contributed by atoms with Crippen molar-refractivity contribution in [2.24, 2.45) is 0 Å². The molecule has 4 rings (SSSR count). The van der Waals surface area contributed by atoms with Gasteiger partial charge in [0.25, 0.3) is 0 Å². The van der Waals surface area contributed by atoms with Gasteiger partial charge < -0.3 is 4.90 Å². The predicted octanol–water partition coefficient (Wildman–Crippen LogP) is 7.77. The van der Waals surface area contributed by atoms with Crippen molar-refractivity contribution < 1.29 is 0 Å². The van der Waals surface area contributed by atoms with Crippen molar-refractivity contribution in [3.8, 4) is 0 Å². The molecule has 0 amide bonds. The van der Waals surface area contributed by atoms with Crippen molar-refractivity contribution in [2.45, 2.75) is 59.8 Å². The quantitative estimate of drug-likeness (QED) is 0.509. The van der Waals surface area contributed by atoms with E-state index in [0.717, 1.165) is 12.8 Å². The number of anilines is 2. The lowest BCUT2D eigenvalue weighted by Gasteiger charge is -2.45. The van der Waals surface area contributed by atoms with Gasteiger partial charge in [-0.05, 0) is 42.2 Å². The molecule has 138 valence electrons. The molecule has 1 aliphatic heterocycles. The molecule has 1 heteroatoms. The van der Waals surface area contributed by atoms with E-state index in [4.69, 9.17) is 0 Å². The van der Waals surface area contributed by atoms with Gasteiger partial charge in [-0.1, -0.05) is 90.1 Å². The number of fused-ring (bicyclic) bond motifs is 2.